The zero-order valence-electron chi connectivity index (χ0n) is 17.1. The second kappa shape index (κ2) is 8.13. The van der Waals surface area contributed by atoms with Crippen molar-refractivity contribution in [2.24, 2.45) is 5.41 Å². The Balaban J connectivity index is 1.83. The molecule has 0 spiro atoms. The third-order valence-electron chi connectivity index (χ3n) is 5.90. The van der Waals surface area contributed by atoms with Crippen LogP contribution in [-0.4, -0.2) is 20.7 Å². The van der Waals surface area contributed by atoms with Gasteiger partial charge in [0.05, 0.1) is 11.0 Å². The molecule has 0 aliphatic heterocycles. The summed E-state index contributed by atoms with van der Waals surface area (Å²) in [5.41, 5.74) is 5.48. The summed E-state index contributed by atoms with van der Waals surface area (Å²) in [6, 6.07) is 16.3. The number of benzene rings is 2. The summed E-state index contributed by atoms with van der Waals surface area (Å²) in [5.74, 6) is 0.334. The van der Waals surface area contributed by atoms with Crippen molar-refractivity contribution >= 4 is 23.0 Å². The lowest BCUT2D eigenvalue weighted by molar-refractivity contribution is -0.124. The average Bonchev–Trinajstić information content (AvgIpc) is 3.17. The van der Waals surface area contributed by atoms with E-state index in [0.717, 1.165) is 34.4 Å². The minimum atomic E-state index is -0.564. The lowest BCUT2D eigenvalue weighted by Gasteiger charge is -2.35. The molecule has 0 bridgehead atoms. The van der Waals surface area contributed by atoms with Gasteiger partial charge >= 0.3 is 0 Å². The molecule has 1 aliphatic rings. The molecule has 5 heteroatoms. The van der Waals surface area contributed by atoms with E-state index in [2.05, 4.69) is 48.8 Å². The molecule has 0 saturated carbocycles. The second-order valence-electron chi connectivity index (χ2n) is 7.90. The Morgan fingerprint density at radius 1 is 1.23 bits per heavy atom. The minimum Gasteiger partial charge on any atom is -0.320 e. The molecule has 0 radical (unpaired) electrons. The van der Waals surface area contributed by atoms with Gasteiger partial charge in [-0.05, 0) is 43.2 Å². The van der Waals surface area contributed by atoms with Crippen LogP contribution in [0.2, 0.25) is 0 Å². The molecule has 1 aromatic heterocycles. The number of hydrogen-bond donors (Lipinski definition) is 2. The normalized spacial score (nSPS) is 19.4. The first-order valence-electron chi connectivity index (χ1n) is 10.1. The number of allylic oxidation sites excluding steroid dienone is 4. The maximum Gasteiger partial charge on any atom is 0.267 e. The highest BCUT2D eigenvalue weighted by Crippen LogP contribution is 2.42. The summed E-state index contributed by atoms with van der Waals surface area (Å²) in [6.45, 7) is 4.53. The number of aromatic nitrogens is 2. The first kappa shape index (κ1) is 19.9. The van der Waals surface area contributed by atoms with Crippen molar-refractivity contribution in [3.05, 3.63) is 84.5 Å². The average molecular weight is 399 g/mol. The molecule has 30 heavy (non-hydrogen) atoms. The lowest BCUT2D eigenvalue weighted by Crippen LogP contribution is -2.27. The Kier molecular flexibility index (Phi) is 5.38. The van der Waals surface area contributed by atoms with Crippen molar-refractivity contribution in [1.82, 2.24) is 15.0 Å². The highest BCUT2D eigenvalue weighted by atomic mass is 16.5. The zero-order valence-corrected chi connectivity index (χ0v) is 17.1. The fourth-order valence-corrected chi connectivity index (χ4v) is 3.98. The van der Waals surface area contributed by atoms with Crippen LogP contribution in [0.4, 0.5) is 0 Å². The third-order valence-corrected chi connectivity index (χ3v) is 5.90. The van der Waals surface area contributed by atoms with E-state index in [0.29, 0.717) is 0 Å². The number of carbonyl (C=O) groups is 1. The van der Waals surface area contributed by atoms with E-state index in [1.54, 1.807) is 11.6 Å². The van der Waals surface area contributed by atoms with E-state index in [9.17, 15) is 4.79 Å². The fourth-order valence-electron chi connectivity index (χ4n) is 3.98. The number of imidazole rings is 1. The predicted molar refractivity (Wildman–Crippen MR) is 120 cm³/mol. The molecule has 2 atom stereocenters. The molecule has 1 aliphatic carbocycles. The van der Waals surface area contributed by atoms with Crippen LogP contribution in [0, 0.1) is 5.41 Å². The molecule has 152 valence electrons. The summed E-state index contributed by atoms with van der Waals surface area (Å²) in [5, 5.41) is 8.70. The molecule has 0 fully saturated rings. The van der Waals surface area contributed by atoms with Gasteiger partial charge in [0.1, 0.15) is 5.82 Å². The Morgan fingerprint density at radius 3 is 2.83 bits per heavy atom. The summed E-state index contributed by atoms with van der Waals surface area (Å²) < 4.78 is 2.32. The van der Waals surface area contributed by atoms with Gasteiger partial charge in [0.15, 0.2) is 0 Å². The second-order valence-corrected chi connectivity index (χ2v) is 7.90. The molecule has 4 rings (SSSR count). The molecule has 2 aromatic carbocycles. The Bertz CT molecular complexity index is 1170. The van der Waals surface area contributed by atoms with Gasteiger partial charge in [0, 0.05) is 23.1 Å². The fraction of sp³-hybridized carbons (Fsp3) is 0.200. The Hall–Kier alpha value is -3.44. The van der Waals surface area contributed by atoms with Crippen LogP contribution in [0.15, 0.2) is 78.9 Å². The van der Waals surface area contributed by atoms with Crippen molar-refractivity contribution in [3.8, 4) is 11.4 Å². The molecule has 5 nitrogen and oxygen atoms in total. The van der Waals surface area contributed by atoms with Crippen molar-refractivity contribution in [2.45, 2.75) is 26.3 Å². The largest absolute Gasteiger partial charge is 0.320 e. The van der Waals surface area contributed by atoms with Crippen molar-refractivity contribution < 1.29 is 10.0 Å². The number of carbonyl (C=O) groups excluding carboxylic acids is 1. The third kappa shape index (κ3) is 3.72. The van der Waals surface area contributed by atoms with E-state index in [1.165, 1.54) is 6.08 Å². The van der Waals surface area contributed by atoms with Crippen LogP contribution >= 0.6 is 0 Å². The quantitative estimate of drug-likeness (QED) is 0.347. The molecule has 1 unspecified atom stereocenters. The van der Waals surface area contributed by atoms with Crippen LogP contribution in [0.5, 0.6) is 0 Å². The van der Waals surface area contributed by atoms with Crippen LogP contribution in [0.25, 0.3) is 28.5 Å². The van der Waals surface area contributed by atoms with Gasteiger partial charge in [0.2, 0.25) is 0 Å². The van der Waals surface area contributed by atoms with E-state index >= 15 is 0 Å². The zero-order chi connectivity index (χ0) is 21.1. The van der Waals surface area contributed by atoms with Gasteiger partial charge in [-0.15, -0.1) is 0 Å². The molecule has 0 saturated heterocycles. The minimum absolute atomic E-state index is 0.0241. The first-order valence-corrected chi connectivity index (χ1v) is 10.1. The summed E-state index contributed by atoms with van der Waals surface area (Å²) >= 11 is 0. The Morgan fingerprint density at radius 2 is 2.07 bits per heavy atom. The number of nitrogens with one attached hydrogen (secondary N) is 1. The van der Waals surface area contributed by atoms with Crippen LogP contribution in [-0.2, 0) is 4.79 Å². The number of nitrogens with zero attached hydrogens (tertiary/aromatic N) is 2. The molecule has 2 N–H and O–H groups in total. The topological polar surface area (TPSA) is 67.2 Å². The maximum absolute atomic E-state index is 11.3. The molecule has 3 aromatic rings. The summed E-state index contributed by atoms with van der Waals surface area (Å²) in [4.78, 5) is 16.3. The number of fused-ring (bicyclic) bond motifs is 1. The number of amides is 1. The predicted octanol–water partition coefficient (Wildman–Crippen LogP) is 5.31. The SMILES string of the molecule is C[C@@H](n1c(-c2cccc(C=CC(=O)NO)c2)nc2ccccc21)C1(C)C=CC=CC1. The highest BCUT2D eigenvalue weighted by Gasteiger charge is 2.32. The summed E-state index contributed by atoms with van der Waals surface area (Å²) in [6.07, 6.45) is 12.6. The van der Waals surface area contributed by atoms with Crippen molar-refractivity contribution in [3.63, 3.8) is 0 Å². The highest BCUT2D eigenvalue weighted by molar-refractivity contribution is 5.91. The van der Waals surface area contributed by atoms with Gasteiger partial charge in [-0.2, -0.15) is 0 Å². The maximum atomic E-state index is 11.3. The smallest absolute Gasteiger partial charge is 0.267 e. The summed E-state index contributed by atoms with van der Waals surface area (Å²) in [7, 11) is 0. The number of hydroxylamine groups is 1. The number of para-hydroxylation sites is 2. The monoisotopic (exact) mass is 399 g/mol. The van der Waals surface area contributed by atoms with Crippen LogP contribution < -0.4 is 5.48 Å². The van der Waals surface area contributed by atoms with E-state index in [1.807, 2.05) is 42.5 Å². The van der Waals surface area contributed by atoms with Crippen LogP contribution in [0.1, 0.15) is 31.9 Å². The first-order chi connectivity index (χ1) is 14.5. The standard InChI is InChI=1S/C25H25N3O2/c1-18(25(2)15-6-3-7-16-25)28-22-12-5-4-11-21(22)26-24(28)20-10-8-9-19(17-20)13-14-23(29)27-30/h3-15,17-18,30H,16H2,1-2H3,(H,27,29)/t18-,25?/m1/s1. The number of hydrogen-bond acceptors (Lipinski definition) is 3. The molecular weight excluding hydrogens is 374 g/mol. The van der Waals surface area contributed by atoms with Gasteiger partial charge in [0.25, 0.3) is 5.91 Å². The van der Waals surface area contributed by atoms with Gasteiger partial charge < -0.3 is 4.57 Å². The molecule has 1 amide bonds. The number of rotatable bonds is 5. The Labute approximate surface area is 176 Å². The van der Waals surface area contributed by atoms with E-state index in [-0.39, 0.29) is 11.5 Å². The molecule has 1 heterocycles. The van der Waals surface area contributed by atoms with Crippen molar-refractivity contribution in [1.29, 1.82) is 0 Å². The lowest BCUT2D eigenvalue weighted by atomic mass is 9.77. The van der Waals surface area contributed by atoms with Gasteiger partial charge in [-0.25, -0.2) is 10.5 Å². The van der Waals surface area contributed by atoms with E-state index in [4.69, 9.17) is 10.2 Å². The van der Waals surface area contributed by atoms with Gasteiger partial charge in [-0.3, -0.25) is 10.0 Å². The van der Waals surface area contributed by atoms with Crippen LogP contribution in [0.3, 0.4) is 0 Å². The van der Waals surface area contributed by atoms with Gasteiger partial charge in [-0.1, -0.05) is 61.6 Å². The molecular formula is C25H25N3O2. The van der Waals surface area contributed by atoms with E-state index < -0.39 is 5.91 Å². The van der Waals surface area contributed by atoms with Crippen molar-refractivity contribution in [2.75, 3.05) is 0 Å².